The number of nitriles is 1. The van der Waals surface area contributed by atoms with Gasteiger partial charge in [0.05, 0.1) is 5.56 Å². The molecule has 94 valence electrons. The Hall–Kier alpha value is -2.02. The highest BCUT2D eigenvalue weighted by atomic mass is 16.5. The van der Waals surface area contributed by atoms with Gasteiger partial charge in [-0.1, -0.05) is 0 Å². The predicted molar refractivity (Wildman–Crippen MR) is 65.7 cm³/mol. The summed E-state index contributed by atoms with van der Waals surface area (Å²) in [5.74, 6) is -0.0858. The summed E-state index contributed by atoms with van der Waals surface area (Å²) in [7, 11) is 0. The zero-order valence-electron chi connectivity index (χ0n) is 10.4. The van der Waals surface area contributed by atoms with Gasteiger partial charge in [-0.15, -0.1) is 0 Å². The molecule has 1 aliphatic rings. The lowest BCUT2D eigenvalue weighted by molar-refractivity contribution is 0.0695. The lowest BCUT2D eigenvalue weighted by atomic mass is 10.1. The topological polar surface area (TPSA) is 70.3 Å². The molecule has 0 amide bonds. The van der Waals surface area contributed by atoms with E-state index in [1.165, 1.54) is 6.07 Å². The van der Waals surface area contributed by atoms with Crippen molar-refractivity contribution < 1.29 is 14.6 Å². The first kappa shape index (κ1) is 12.4. The smallest absolute Gasteiger partial charge is 0.335 e. The Morgan fingerprint density at radius 3 is 2.61 bits per heavy atom. The average molecular weight is 245 g/mol. The van der Waals surface area contributed by atoms with Gasteiger partial charge in [0.2, 0.25) is 0 Å². The summed E-state index contributed by atoms with van der Waals surface area (Å²) in [5, 5.41) is 18.0. The van der Waals surface area contributed by atoms with Crippen LogP contribution >= 0.6 is 0 Å². The molecule has 0 radical (unpaired) electrons. The van der Waals surface area contributed by atoms with Crippen LogP contribution < -0.4 is 4.74 Å². The molecule has 0 saturated heterocycles. The summed E-state index contributed by atoms with van der Waals surface area (Å²) < 4.78 is 5.54. The fraction of sp³-hybridized carbons (Fsp3) is 0.429. The van der Waals surface area contributed by atoms with E-state index in [1.54, 1.807) is 19.9 Å². The molecule has 0 unspecified atom stereocenters. The minimum absolute atomic E-state index is 0.211. The number of rotatable bonds is 4. The van der Waals surface area contributed by atoms with Crippen LogP contribution in [-0.2, 0) is 0 Å². The van der Waals surface area contributed by atoms with Crippen LogP contribution in [0.4, 0.5) is 0 Å². The first-order valence-electron chi connectivity index (χ1n) is 5.90. The molecule has 1 aromatic carbocycles. The Balaban J connectivity index is 2.35. The van der Waals surface area contributed by atoms with Crippen molar-refractivity contribution in [3.05, 3.63) is 29.3 Å². The molecule has 1 fully saturated rings. The Kier molecular flexibility index (Phi) is 3.00. The van der Waals surface area contributed by atoms with Crippen LogP contribution in [0, 0.1) is 11.3 Å². The van der Waals surface area contributed by atoms with Gasteiger partial charge in [-0.3, -0.25) is 0 Å². The van der Waals surface area contributed by atoms with Gasteiger partial charge in [0.1, 0.15) is 11.8 Å². The van der Waals surface area contributed by atoms with Crippen molar-refractivity contribution in [2.75, 3.05) is 0 Å². The second-order valence-corrected chi connectivity index (χ2v) is 5.09. The van der Waals surface area contributed by atoms with Crippen LogP contribution in [0.15, 0.2) is 18.2 Å². The van der Waals surface area contributed by atoms with Gasteiger partial charge in [-0.25, -0.2) is 4.79 Å². The van der Waals surface area contributed by atoms with Crippen molar-refractivity contribution in [3.8, 4) is 11.8 Å². The van der Waals surface area contributed by atoms with Gasteiger partial charge >= 0.3 is 5.97 Å². The fourth-order valence-corrected chi connectivity index (χ4v) is 1.77. The second-order valence-electron chi connectivity index (χ2n) is 5.09. The molecule has 0 bridgehead atoms. The third kappa shape index (κ3) is 2.80. The lowest BCUT2D eigenvalue weighted by Crippen LogP contribution is -2.25. The number of aromatic carboxylic acids is 1. The number of benzene rings is 1. The number of ether oxygens (including phenoxy) is 1. The maximum Gasteiger partial charge on any atom is 0.335 e. The normalized spacial score (nSPS) is 14.9. The number of hydrogen-bond acceptors (Lipinski definition) is 3. The van der Waals surface area contributed by atoms with Crippen molar-refractivity contribution in [2.45, 2.75) is 38.2 Å². The summed E-state index contributed by atoms with van der Waals surface area (Å²) in [4.78, 5) is 11.1. The zero-order valence-corrected chi connectivity index (χ0v) is 10.4. The molecule has 1 aliphatic carbocycles. The molecule has 0 atom stereocenters. The summed E-state index contributed by atoms with van der Waals surface area (Å²) in [6, 6.07) is 7.02. The highest BCUT2D eigenvalue weighted by Gasteiger charge is 2.26. The molecule has 4 nitrogen and oxygen atoms in total. The SMILES string of the molecule is CC(C)(C#N)Oc1cc(C(=O)O)cc(C2CC2)c1. The van der Waals surface area contributed by atoms with E-state index in [9.17, 15) is 4.79 Å². The third-order valence-electron chi connectivity index (χ3n) is 2.87. The van der Waals surface area contributed by atoms with Crippen LogP contribution in [0.1, 0.15) is 48.5 Å². The van der Waals surface area contributed by atoms with E-state index in [-0.39, 0.29) is 5.56 Å². The van der Waals surface area contributed by atoms with Gasteiger partial charge in [-0.2, -0.15) is 5.26 Å². The van der Waals surface area contributed by atoms with Crippen LogP contribution in [0.5, 0.6) is 5.75 Å². The monoisotopic (exact) mass is 245 g/mol. The summed E-state index contributed by atoms with van der Waals surface area (Å²) in [5.41, 5.74) is 0.236. The fourth-order valence-electron chi connectivity index (χ4n) is 1.77. The Bertz CT molecular complexity index is 524. The predicted octanol–water partition coefficient (Wildman–Crippen LogP) is 2.94. The van der Waals surface area contributed by atoms with Gasteiger partial charge in [-0.05, 0) is 56.4 Å². The number of carbonyl (C=O) groups is 1. The number of hydrogen-bond donors (Lipinski definition) is 1. The zero-order chi connectivity index (χ0) is 13.3. The Labute approximate surface area is 106 Å². The summed E-state index contributed by atoms with van der Waals surface area (Å²) in [6.07, 6.45) is 2.17. The Morgan fingerprint density at radius 1 is 1.44 bits per heavy atom. The molecule has 1 saturated carbocycles. The molecule has 0 heterocycles. The molecule has 2 rings (SSSR count). The van der Waals surface area contributed by atoms with Gasteiger partial charge in [0.25, 0.3) is 0 Å². The van der Waals surface area contributed by atoms with Crippen molar-refractivity contribution in [1.82, 2.24) is 0 Å². The number of carboxylic acids is 1. The molecule has 0 spiro atoms. The molecule has 18 heavy (non-hydrogen) atoms. The second kappa shape index (κ2) is 4.34. The first-order valence-corrected chi connectivity index (χ1v) is 5.90. The van der Waals surface area contributed by atoms with E-state index in [2.05, 4.69) is 0 Å². The van der Waals surface area contributed by atoms with Crippen LogP contribution in [0.2, 0.25) is 0 Å². The maximum absolute atomic E-state index is 11.1. The quantitative estimate of drug-likeness (QED) is 0.885. The van der Waals surface area contributed by atoms with Crippen molar-refractivity contribution in [1.29, 1.82) is 5.26 Å². The standard InChI is InChI=1S/C14H15NO3/c1-14(2,8-15)18-12-6-10(9-3-4-9)5-11(7-12)13(16)17/h5-7,9H,3-4H2,1-2H3,(H,16,17). The van der Waals surface area contributed by atoms with Crippen molar-refractivity contribution in [2.24, 2.45) is 0 Å². The molecule has 1 N–H and O–H groups in total. The molecular formula is C14H15NO3. The number of nitrogens with zero attached hydrogens (tertiary/aromatic N) is 1. The summed E-state index contributed by atoms with van der Waals surface area (Å²) >= 11 is 0. The van der Waals surface area contributed by atoms with E-state index < -0.39 is 11.6 Å². The molecular weight excluding hydrogens is 230 g/mol. The van der Waals surface area contributed by atoms with Crippen molar-refractivity contribution >= 4 is 5.97 Å². The number of carboxylic acid groups (broad SMARTS) is 1. The van der Waals surface area contributed by atoms with Gasteiger partial charge in [0.15, 0.2) is 5.60 Å². The minimum atomic E-state index is -0.975. The largest absolute Gasteiger partial charge is 0.478 e. The van der Waals surface area contributed by atoms with E-state index >= 15 is 0 Å². The van der Waals surface area contributed by atoms with Crippen LogP contribution in [0.3, 0.4) is 0 Å². The van der Waals surface area contributed by atoms with Gasteiger partial charge in [0, 0.05) is 0 Å². The van der Waals surface area contributed by atoms with E-state index in [0.29, 0.717) is 11.7 Å². The Morgan fingerprint density at radius 2 is 2.11 bits per heavy atom. The molecule has 4 heteroatoms. The highest BCUT2D eigenvalue weighted by Crippen LogP contribution is 2.41. The molecule has 0 aliphatic heterocycles. The highest BCUT2D eigenvalue weighted by molar-refractivity contribution is 5.88. The van der Waals surface area contributed by atoms with E-state index in [0.717, 1.165) is 18.4 Å². The van der Waals surface area contributed by atoms with Crippen molar-refractivity contribution in [3.63, 3.8) is 0 Å². The summed E-state index contributed by atoms with van der Waals surface area (Å²) in [6.45, 7) is 3.30. The average Bonchev–Trinajstić information content (AvgIpc) is 3.11. The van der Waals surface area contributed by atoms with E-state index in [4.69, 9.17) is 15.1 Å². The van der Waals surface area contributed by atoms with Crippen LogP contribution in [0.25, 0.3) is 0 Å². The molecule has 0 aromatic heterocycles. The van der Waals surface area contributed by atoms with Crippen LogP contribution in [-0.4, -0.2) is 16.7 Å². The van der Waals surface area contributed by atoms with E-state index in [1.807, 2.05) is 12.1 Å². The maximum atomic E-state index is 11.1. The molecule has 1 aromatic rings. The lowest BCUT2D eigenvalue weighted by Gasteiger charge is -2.19. The third-order valence-corrected chi connectivity index (χ3v) is 2.87. The van der Waals surface area contributed by atoms with Gasteiger partial charge < -0.3 is 9.84 Å². The minimum Gasteiger partial charge on any atom is -0.478 e. The first-order chi connectivity index (χ1) is 8.41.